The van der Waals surface area contributed by atoms with Gasteiger partial charge in [-0.15, -0.1) is 0 Å². The standard InChI is InChI=1S/C30H43BrN4O6.C2H6/c1-28(2,3)39-25(36)33-20-12-14-34(15-13-20)18-19-10-11-21-22(16-19)23(31)17-32-24(21)35(26(37)40-29(4,5)6)27(38)41-30(7,8)9;1-2/h10-11,16-17,20H,12-15,18H2,1-9H3,(H,33,36);1-2H3. The number of halogens is 1. The smallest absolute Gasteiger partial charge is 0.425 e. The van der Waals surface area contributed by atoms with Crippen LogP contribution in [0, 0.1) is 0 Å². The molecule has 0 spiro atoms. The van der Waals surface area contributed by atoms with Gasteiger partial charge in [0.15, 0.2) is 5.82 Å². The van der Waals surface area contributed by atoms with Crippen molar-refractivity contribution in [1.82, 2.24) is 15.2 Å². The highest BCUT2D eigenvalue weighted by Gasteiger charge is 2.35. The molecule has 1 fully saturated rings. The molecule has 43 heavy (non-hydrogen) atoms. The molecule has 0 unspecified atom stereocenters. The van der Waals surface area contributed by atoms with E-state index in [1.807, 2.05) is 52.8 Å². The summed E-state index contributed by atoms with van der Waals surface area (Å²) in [6, 6.07) is 5.92. The number of carbonyl (C=O) groups excluding carboxylic acids is 3. The SMILES string of the molecule is CC.CC(C)(C)OC(=O)NC1CCN(Cc2ccc3c(N(C(=O)OC(C)(C)C)C(=O)OC(C)(C)C)ncc(Br)c3c2)CC1. The number of likely N-dealkylation sites (tertiary alicyclic amines) is 1. The van der Waals surface area contributed by atoms with Crippen LogP contribution in [0.5, 0.6) is 0 Å². The minimum atomic E-state index is -0.866. The Morgan fingerprint density at radius 1 is 0.884 bits per heavy atom. The third-order valence-electron chi connectivity index (χ3n) is 5.96. The number of alkyl carbamates (subject to hydrolysis) is 1. The number of hydrogen-bond acceptors (Lipinski definition) is 8. The highest BCUT2D eigenvalue weighted by atomic mass is 79.9. The second-order valence-electron chi connectivity index (χ2n) is 13.3. The number of nitrogens with zero attached hydrogens (tertiary/aromatic N) is 3. The molecule has 1 aromatic carbocycles. The van der Waals surface area contributed by atoms with Crippen molar-refractivity contribution in [3.05, 3.63) is 34.4 Å². The number of pyridine rings is 1. The molecule has 240 valence electrons. The van der Waals surface area contributed by atoms with Crippen LogP contribution in [-0.4, -0.2) is 64.1 Å². The zero-order chi connectivity index (χ0) is 32.8. The van der Waals surface area contributed by atoms with Crippen LogP contribution in [0.15, 0.2) is 28.9 Å². The van der Waals surface area contributed by atoms with E-state index in [0.717, 1.165) is 46.3 Å². The summed E-state index contributed by atoms with van der Waals surface area (Å²) in [4.78, 5) is 46.2. The quantitative estimate of drug-likeness (QED) is 0.326. The summed E-state index contributed by atoms with van der Waals surface area (Å²) in [5, 5.41) is 4.37. The lowest BCUT2D eigenvalue weighted by Gasteiger charge is -2.33. The van der Waals surface area contributed by atoms with E-state index < -0.39 is 29.0 Å². The van der Waals surface area contributed by atoms with Gasteiger partial charge in [-0.2, -0.15) is 4.90 Å². The van der Waals surface area contributed by atoms with Crippen molar-refractivity contribution in [2.24, 2.45) is 0 Å². The Hall–Kier alpha value is -2.92. The average molecular weight is 666 g/mol. The molecule has 10 nitrogen and oxygen atoms in total. The van der Waals surface area contributed by atoms with Gasteiger partial charge < -0.3 is 19.5 Å². The van der Waals surface area contributed by atoms with Gasteiger partial charge in [0.1, 0.15) is 16.8 Å². The average Bonchev–Trinajstić information content (AvgIpc) is 2.85. The zero-order valence-corrected chi connectivity index (χ0v) is 29.2. The highest BCUT2D eigenvalue weighted by Crippen LogP contribution is 2.33. The fourth-order valence-electron chi connectivity index (χ4n) is 4.35. The van der Waals surface area contributed by atoms with Gasteiger partial charge in [0, 0.05) is 47.1 Å². The number of hydrogen-bond donors (Lipinski definition) is 1. The van der Waals surface area contributed by atoms with Gasteiger partial charge in [-0.25, -0.2) is 19.4 Å². The Kier molecular flexibility index (Phi) is 12.4. The number of rotatable bonds is 4. The van der Waals surface area contributed by atoms with Crippen LogP contribution in [-0.2, 0) is 20.8 Å². The first-order chi connectivity index (χ1) is 19.8. The zero-order valence-electron chi connectivity index (χ0n) is 27.6. The van der Waals surface area contributed by atoms with Gasteiger partial charge in [-0.1, -0.05) is 26.0 Å². The molecule has 1 aliphatic rings. The topological polar surface area (TPSA) is 110 Å². The number of aromatic nitrogens is 1. The van der Waals surface area contributed by atoms with E-state index in [1.165, 1.54) is 0 Å². The fourth-order valence-corrected chi connectivity index (χ4v) is 4.78. The second-order valence-corrected chi connectivity index (χ2v) is 14.2. The van der Waals surface area contributed by atoms with Crippen LogP contribution >= 0.6 is 15.9 Å². The number of benzene rings is 1. The van der Waals surface area contributed by atoms with Crippen LogP contribution in [0.2, 0.25) is 0 Å². The van der Waals surface area contributed by atoms with E-state index in [4.69, 9.17) is 14.2 Å². The highest BCUT2D eigenvalue weighted by molar-refractivity contribution is 9.10. The van der Waals surface area contributed by atoms with Gasteiger partial charge in [-0.05, 0) is 103 Å². The Labute approximate surface area is 264 Å². The maximum absolute atomic E-state index is 13.2. The molecule has 0 aliphatic carbocycles. The molecule has 0 saturated carbocycles. The fraction of sp³-hybridized carbons (Fsp3) is 0.625. The maximum Gasteiger partial charge on any atom is 0.425 e. The third-order valence-corrected chi connectivity index (χ3v) is 6.59. The van der Waals surface area contributed by atoms with E-state index in [0.29, 0.717) is 11.9 Å². The van der Waals surface area contributed by atoms with E-state index in [9.17, 15) is 14.4 Å². The molecular formula is C32H49BrN4O6. The number of carbonyl (C=O) groups is 3. The van der Waals surface area contributed by atoms with Gasteiger partial charge in [-0.3, -0.25) is 4.90 Å². The van der Waals surface area contributed by atoms with Crippen LogP contribution in [0.4, 0.5) is 20.2 Å². The minimum Gasteiger partial charge on any atom is -0.444 e. The van der Waals surface area contributed by atoms with Gasteiger partial charge in [0.2, 0.25) is 0 Å². The third kappa shape index (κ3) is 11.6. The predicted octanol–water partition coefficient (Wildman–Crippen LogP) is 8.19. The van der Waals surface area contributed by atoms with Crippen molar-refractivity contribution in [3.8, 4) is 0 Å². The minimum absolute atomic E-state index is 0.0761. The molecule has 3 rings (SSSR count). The second kappa shape index (κ2) is 14.7. The molecule has 1 saturated heterocycles. The molecule has 0 bridgehead atoms. The van der Waals surface area contributed by atoms with Crippen molar-refractivity contribution < 1.29 is 28.6 Å². The number of fused-ring (bicyclic) bond motifs is 1. The van der Waals surface area contributed by atoms with Crippen LogP contribution in [0.3, 0.4) is 0 Å². The van der Waals surface area contributed by atoms with Gasteiger partial charge in [0.25, 0.3) is 0 Å². The molecule has 0 radical (unpaired) electrons. The van der Waals surface area contributed by atoms with E-state index >= 15 is 0 Å². The summed E-state index contributed by atoms with van der Waals surface area (Å²) in [6.07, 6.45) is 1.10. The van der Waals surface area contributed by atoms with Crippen molar-refractivity contribution >= 4 is 50.8 Å². The summed E-state index contributed by atoms with van der Waals surface area (Å²) in [5.41, 5.74) is -1.12. The number of anilines is 1. The molecule has 11 heteroatoms. The largest absolute Gasteiger partial charge is 0.444 e. The van der Waals surface area contributed by atoms with E-state index in [1.54, 1.807) is 47.7 Å². The van der Waals surface area contributed by atoms with E-state index in [2.05, 4.69) is 31.1 Å². The molecule has 1 N–H and O–H groups in total. The van der Waals surface area contributed by atoms with Crippen LogP contribution in [0.25, 0.3) is 10.8 Å². The van der Waals surface area contributed by atoms with Gasteiger partial charge in [0.05, 0.1) is 0 Å². The summed E-state index contributed by atoms with van der Waals surface area (Å²) >= 11 is 3.58. The van der Waals surface area contributed by atoms with E-state index in [-0.39, 0.29) is 18.0 Å². The Bertz CT molecular complexity index is 1240. The number of ether oxygens (including phenoxy) is 3. The Morgan fingerprint density at radius 3 is 1.88 bits per heavy atom. The molecule has 1 aliphatic heterocycles. The molecule has 3 amide bonds. The van der Waals surface area contributed by atoms with Crippen molar-refractivity contribution in [1.29, 1.82) is 0 Å². The van der Waals surface area contributed by atoms with Crippen LogP contribution < -0.4 is 10.2 Å². The molecule has 1 aromatic heterocycles. The molecular weight excluding hydrogens is 616 g/mol. The van der Waals surface area contributed by atoms with Crippen molar-refractivity contribution in [2.75, 3.05) is 18.0 Å². The molecule has 2 heterocycles. The lowest BCUT2D eigenvalue weighted by molar-refractivity contribution is 0.0424. The monoisotopic (exact) mass is 664 g/mol. The normalized spacial score (nSPS) is 14.8. The first-order valence-electron chi connectivity index (χ1n) is 14.9. The van der Waals surface area contributed by atoms with Crippen molar-refractivity contribution in [3.63, 3.8) is 0 Å². The lowest BCUT2D eigenvalue weighted by atomic mass is 10.0. The number of nitrogens with one attached hydrogen (secondary N) is 1. The predicted molar refractivity (Wildman–Crippen MR) is 173 cm³/mol. The summed E-state index contributed by atoms with van der Waals surface area (Å²) in [5.74, 6) is 0.132. The summed E-state index contributed by atoms with van der Waals surface area (Å²) in [6.45, 7) is 22.3. The number of amides is 3. The maximum atomic E-state index is 13.2. The molecule has 0 atom stereocenters. The van der Waals surface area contributed by atoms with Crippen molar-refractivity contribution in [2.45, 2.75) is 118 Å². The molecule has 2 aromatic rings. The first kappa shape index (κ1) is 36.3. The Morgan fingerprint density at radius 2 is 1.40 bits per heavy atom. The summed E-state index contributed by atoms with van der Waals surface area (Å²) in [7, 11) is 0. The lowest BCUT2D eigenvalue weighted by Crippen LogP contribution is -2.45. The van der Waals surface area contributed by atoms with Gasteiger partial charge >= 0.3 is 18.3 Å². The summed E-state index contributed by atoms with van der Waals surface area (Å²) < 4.78 is 17.2. The first-order valence-corrected chi connectivity index (χ1v) is 15.7. The number of imide groups is 1. The van der Waals surface area contributed by atoms with Crippen LogP contribution in [0.1, 0.15) is 94.6 Å². The number of piperidine rings is 1. The Balaban J connectivity index is 0.00000316.